The van der Waals surface area contributed by atoms with E-state index in [1.54, 1.807) is 44.4 Å². The van der Waals surface area contributed by atoms with Crippen molar-refractivity contribution in [3.05, 3.63) is 65.6 Å². The Hall–Kier alpha value is -2.96. The summed E-state index contributed by atoms with van der Waals surface area (Å²) in [6, 6.07) is 9.28. The molecule has 3 aromatic rings. The fourth-order valence-electron chi connectivity index (χ4n) is 2.18. The van der Waals surface area contributed by atoms with E-state index < -0.39 is 0 Å². The average Bonchev–Trinajstić information content (AvgIpc) is 3.16. The summed E-state index contributed by atoms with van der Waals surface area (Å²) in [4.78, 5) is 13.9. The zero-order valence-corrected chi connectivity index (χ0v) is 12.7. The SMILES string of the molecule is Cc1cc(CN(C)C(=O)c2ccn(-c3ccc(F)cc3)n2)no1. The van der Waals surface area contributed by atoms with Crippen molar-refractivity contribution < 1.29 is 13.7 Å². The van der Waals surface area contributed by atoms with Gasteiger partial charge in [0.15, 0.2) is 5.69 Å². The second-order valence-electron chi connectivity index (χ2n) is 5.21. The average molecular weight is 314 g/mol. The Kier molecular flexibility index (Phi) is 3.92. The first-order valence-corrected chi connectivity index (χ1v) is 7.02. The number of halogens is 1. The summed E-state index contributed by atoms with van der Waals surface area (Å²) in [5.41, 5.74) is 1.66. The maximum Gasteiger partial charge on any atom is 0.274 e. The molecule has 6 nitrogen and oxygen atoms in total. The van der Waals surface area contributed by atoms with Crippen LogP contribution in [0.25, 0.3) is 5.69 Å². The van der Waals surface area contributed by atoms with Crippen LogP contribution >= 0.6 is 0 Å². The lowest BCUT2D eigenvalue weighted by molar-refractivity contribution is 0.0776. The largest absolute Gasteiger partial charge is 0.361 e. The minimum atomic E-state index is -0.320. The van der Waals surface area contributed by atoms with Crippen LogP contribution in [0.5, 0.6) is 0 Å². The van der Waals surface area contributed by atoms with Gasteiger partial charge in [0.1, 0.15) is 17.3 Å². The topological polar surface area (TPSA) is 64.2 Å². The van der Waals surface area contributed by atoms with E-state index >= 15 is 0 Å². The molecule has 0 fully saturated rings. The van der Waals surface area contributed by atoms with E-state index in [9.17, 15) is 9.18 Å². The Morgan fingerprint density at radius 3 is 2.70 bits per heavy atom. The summed E-state index contributed by atoms with van der Waals surface area (Å²) in [5.74, 6) is 0.146. The van der Waals surface area contributed by atoms with Gasteiger partial charge in [-0.3, -0.25) is 4.79 Å². The van der Waals surface area contributed by atoms with Crippen LogP contribution in [0.1, 0.15) is 21.9 Å². The van der Waals surface area contributed by atoms with E-state index in [1.807, 2.05) is 0 Å². The summed E-state index contributed by atoms with van der Waals surface area (Å²) in [5, 5.41) is 8.10. The summed E-state index contributed by atoms with van der Waals surface area (Å²) < 4.78 is 19.5. The van der Waals surface area contributed by atoms with Crippen molar-refractivity contribution in [2.45, 2.75) is 13.5 Å². The molecule has 0 aliphatic rings. The monoisotopic (exact) mass is 314 g/mol. The van der Waals surface area contributed by atoms with E-state index in [1.165, 1.54) is 21.7 Å². The van der Waals surface area contributed by atoms with E-state index in [-0.39, 0.29) is 11.7 Å². The first-order valence-electron chi connectivity index (χ1n) is 7.02. The molecular weight excluding hydrogens is 299 g/mol. The molecule has 0 aliphatic carbocycles. The van der Waals surface area contributed by atoms with Gasteiger partial charge in [0.05, 0.1) is 12.2 Å². The summed E-state index contributed by atoms with van der Waals surface area (Å²) in [6.07, 6.45) is 1.66. The van der Waals surface area contributed by atoms with Crippen LogP contribution in [0.2, 0.25) is 0 Å². The van der Waals surface area contributed by atoms with E-state index in [0.717, 1.165) is 0 Å². The van der Waals surface area contributed by atoms with Crippen molar-refractivity contribution in [1.82, 2.24) is 19.8 Å². The molecular formula is C16H15FN4O2. The molecule has 2 heterocycles. The zero-order valence-electron chi connectivity index (χ0n) is 12.7. The molecule has 0 bridgehead atoms. The number of benzene rings is 1. The lowest BCUT2D eigenvalue weighted by atomic mass is 10.3. The Morgan fingerprint density at radius 2 is 2.04 bits per heavy atom. The van der Waals surface area contributed by atoms with Gasteiger partial charge in [-0.1, -0.05) is 5.16 Å². The fraction of sp³-hybridized carbons (Fsp3) is 0.188. The minimum absolute atomic E-state index is 0.230. The third-order valence-electron chi connectivity index (χ3n) is 3.32. The number of aryl methyl sites for hydroxylation is 1. The van der Waals surface area contributed by atoms with Gasteiger partial charge in [-0.2, -0.15) is 5.10 Å². The smallest absolute Gasteiger partial charge is 0.274 e. The molecule has 1 amide bonds. The summed E-state index contributed by atoms with van der Waals surface area (Å²) in [7, 11) is 1.67. The van der Waals surface area contributed by atoms with Crippen molar-refractivity contribution >= 4 is 5.91 Å². The molecule has 0 saturated heterocycles. The van der Waals surface area contributed by atoms with Crippen molar-refractivity contribution in [2.24, 2.45) is 0 Å². The number of hydrogen-bond donors (Lipinski definition) is 0. The predicted molar refractivity (Wildman–Crippen MR) is 80.6 cm³/mol. The highest BCUT2D eigenvalue weighted by Crippen LogP contribution is 2.11. The van der Waals surface area contributed by atoms with Crippen LogP contribution in [-0.4, -0.2) is 32.8 Å². The maximum absolute atomic E-state index is 12.9. The highest BCUT2D eigenvalue weighted by atomic mass is 19.1. The van der Waals surface area contributed by atoms with Crippen molar-refractivity contribution in [2.75, 3.05) is 7.05 Å². The van der Waals surface area contributed by atoms with Gasteiger partial charge >= 0.3 is 0 Å². The summed E-state index contributed by atoms with van der Waals surface area (Å²) >= 11 is 0. The Labute approximate surface area is 132 Å². The molecule has 7 heteroatoms. The highest BCUT2D eigenvalue weighted by Gasteiger charge is 2.16. The second-order valence-corrected chi connectivity index (χ2v) is 5.21. The number of aromatic nitrogens is 3. The molecule has 2 aromatic heterocycles. The molecule has 0 N–H and O–H groups in total. The molecule has 0 unspecified atom stereocenters. The summed E-state index contributed by atoms with van der Waals surface area (Å²) in [6.45, 7) is 2.13. The molecule has 0 saturated carbocycles. The normalized spacial score (nSPS) is 10.7. The Balaban J connectivity index is 1.74. The van der Waals surface area contributed by atoms with Crippen LogP contribution in [0, 0.1) is 12.7 Å². The molecule has 0 spiro atoms. The van der Waals surface area contributed by atoms with Gasteiger partial charge in [-0.05, 0) is 37.3 Å². The number of hydrogen-bond acceptors (Lipinski definition) is 4. The van der Waals surface area contributed by atoms with Crippen molar-refractivity contribution in [1.29, 1.82) is 0 Å². The number of nitrogens with zero attached hydrogens (tertiary/aromatic N) is 4. The van der Waals surface area contributed by atoms with E-state index in [2.05, 4.69) is 10.3 Å². The molecule has 3 rings (SSSR count). The molecule has 0 atom stereocenters. The zero-order chi connectivity index (χ0) is 16.4. The minimum Gasteiger partial charge on any atom is -0.361 e. The molecule has 0 radical (unpaired) electrons. The van der Waals surface area contributed by atoms with Crippen molar-refractivity contribution in [3.63, 3.8) is 0 Å². The van der Waals surface area contributed by atoms with Crippen LogP contribution in [-0.2, 0) is 6.54 Å². The number of rotatable bonds is 4. The highest BCUT2D eigenvalue weighted by molar-refractivity contribution is 5.92. The first kappa shape index (κ1) is 15.0. The van der Waals surface area contributed by atoms with Crippen LogP contribution in [0.4, 0.5) is 4.39 Å². The quantitative estimate of drug-likeness (QED) is 0.742. The lowest BCUT2D eigenvalue weighted by Crippen LogP contribution is -2.26. The second kappa shape index (κ2) is 6.04. The van der Waals surface area contributed by atoms with Crippen LogP contribution in [0.15, 0.2) is 47.1 Å². The van der Waals surface area contributed by atoms with Gasteiger partial charge in [-0.25, -0.2) is 9.07 Å². The third kappa shape index (κ3) is 3.28. The standard InChI is InChI=1S/C16H15FN4O2/c1-11-9-13(19-23-11)10-20(2)16(22)15-7-8-21(18-15)14-5-3-12(17)4-6-14/h3-9H,10H2,1-2H3. The molecule has 1 aromatic carbocycles. The van der Waals surface area contributed by atoms with E-state index in [0.29, 0.717) is 29.4 Å². The number of amides is 1. The first-order chi connectivity index (χ1) is 11.0. The lowest BCUT2D eigenvalue weighted by Gasteiger charge is -2.13. The van der Waals surface area contributed by atoms with Crippen LogP contribution < -0.4 is 0 Å². The van der Waals surface area contributed by atoms with Crippen LogP contribution in [0.3, 0.4) is 0 Å². The molecule has 23 heavy (non-hydrogen) atoms. The van der Waals surface area contributed by atoms with Gasteiger partial charge in [0, 0.05) is 19.3 Å². The fourth-order valence-corrected chi connectivity index (χ4v) is 2.18. The Morgan fingerprint density at radius 1 is 1.30 bits per heavy atom. The molecule has 0 aliphatic heterocycles. The van der Waals surface area contributed by atoms with Gasteiger partial charge in [-0.15, -0.1) is 0 Å². The maximum atomic E-state index is 12.9. The Bertz CT molecular complexity index is 823. The third-order valence-corrected chi connectivity index (χ3v) is 3.32. The predicted octanol–water partition coefficient (Wildman–Crippen LogP) is 2.58. The van der Waals surface area contributed by atoms with Gasteiger partial charge < -0.3 is 9.42 Å². The van der Waals surface area contributed by atoms with Gasteiger partial charge in [0.25, 0.3) is 5.91 Å². The number of carbonyl (C=O) groups excluding carboxylic acids is 1. The molecule has 118 valence electrons. The number of carbonyl (C=O) groups is 1. The van der Waals surface area contributed by atoms with Crippen molar-refractivity contribution in [3.8, 4) is 5.69 Å². The van der Waals surface area contributed by atoms with Gasteiger partial charge in [0.2, 0.25) is 0 Å². The van der Waals surface area contributed by atoms with E-state index in [4.69, 9.17) is 4.52 Å².